The van der Waals surface area contributed by atoms with Gasteiger partial charge in [-0.3, -0.25) is 0 Å². The Balaban J connectivity index is 1.60. The minimum absolute atomic E-state index is 0.514. The summed E-state index contributed by atoms with van der Waals surface area (Å²) < 4.78 is 21.4. The zero-order valence-corrected chi connectivity index (χ0v) is 23.8. The van der Waals surface area contributed by atoms with Gasteiger partial charge in [0.2, 0.25) is 0 Å². The molecule has 5 aromatic rings. The van der Waals surface area contributed by atoms with Gasteiger partial charge in [-0.15, -0.1) is 0 Å². The molecule has 0 aliphatic heterocycles. The molecule has 0 bridgehead atoms. The van der Waals surface area contributed by atoms with E-state index in [0.29, 0.717) is 5.56 Å². The van der Waals surface area contributed by atoms with Crippen LogP contribution >= 0.6 is 11.3 Å². The Morgan fingerprint density at radius 3 is 2.29 bits per heavy atom. The van der Waals surface area contributed by atoms with Gasteiger partial charge in [0, 0.05) is 8.94 Å². The van der Waals surface area contributed by atoms with E-state index in [2.05, 4.69) is 82.9 Å². The fourth-order valence-corrected chi connectivity index (χ4v) is 8.14. The summed E-state index contributed by atoms with van der Waals surface area (Å²) in [5.41, 5.74) is 4.53. The summed E-state index contributed by atoms with van der Waals surface area (Å²) in [4.78, 5) is 4.66. The minimum Gasteiger partial charge on any atom is -0.0599 e. The number of hydrogen-bond acceptors (Lipinski definition) is 2. The summed E-state index contributed by atoms with van der Waals surface area (Å²) in [6.07, 6.45) is 0.281. The molecular formula is C31H33GeNS. The number of benzene rings is 3. The van der Waals surface area contributed by atoms with Gasteiger partial charge in [-0.05, 0) is 23.4 Å². The van der Waals surface area contributed by atoms with E-state index in [9.17, 15) is 0 Å². The van der Waals surface area contributed by atoms with E-state index in [4.69, 9.17) is 2.74 Å². The molecule has 0 aliphatic rings. The van der Waals surface area contributed by atoms with Crippen LogP contribution in [-0.4, -0.2) is 18.3 Å². The normalized spacial score (nSPS) is 13.8. The van der Waals surface area contributed by atoms with E-state index in [1.54, 1.807) is 23.6 Å². The molecule has 0 radical (unpaired) electrons. The van der Waals surface area contributed by atoms with Gasteiger partial charge in [0.25, 0.3) is 0 Å². The third-order valence-corrected chi connectivity index (χ3v) is 11.7. The fraction of sp³-hybridized carbons (Fsp3) is 0.258. The van der Waals surface area contributed by atoms with Crippen LogP contribution in [0.4, 0.5) is 0 Å². The van der Waals surface area contributed by atoms with Gasteiger partial charge in [0.05, 0.1) is 0 Å². The third kappa shape index (κ3) is 4.71. The number of aromatic nitrogens is 1. The van der Waals surface area contributed by atoms with Crippen molar-refractivity contribution >= 4 is 49.2 Å². The standard InChI is InChI=1S/C31H33GeNS/c1-31(2,3)20-21-16-17-33-28(18-21)27-9-7-8-26-25-15-12-23(19-29(25)34-30(26)27)22-10-13-24(14-11-22)32(4,5)6/h7-19H,20H2,1-6H3/i20D2. The van der Waals surface area contributed by atoms with Crippen molar-refractivity contribution in [2.24, 2.45) is 5.41 Å². The van der Waals surface area contributed by atoms with Gasteiger partial charge >= 0.3 is 161 Å². The Labute approximate surface area is 213 Å². The van der Waals surface area contributed by atoms with Crippen LogP contribution in [0.1, 0.15) is 29.1 Å². The molecule has 3 aromatic carbocycles. The molecule has 0 N–H and O–H groups in total. The quantitative estimate of drug-likeness (QED) is 0.213. The molecule has 34 heavy (non-hydrogen) atoms. The minimum atomic E-state index is -1.83. The van der Waals surface area contributed by atoms with Crippen molar-refractivity contribution in [2.75, 3.05) is 0 Å². The van der Waals surface area contributed by atoms with Crippen LogP contribution in [0.2, 0.25) is 17.3 Å². The summed E-state index contributed by atoms with van der Waals surface area (Å²) in [6.45, 7) is 5.82. The van der Waals surface area contributed by atoms with Crippen LogP contribution in [-0.2, 0) is 6.37 Å². The number of pyridine rings is 1. The van der Waals surface area contributed by atoms with Crippen LogP contribution < -0.4 is 4.40 Å². The average Bonchev–Trinajstić information content (AvgIpc) is 3.21. The number of hydrogen-bond donors (Lipinski definition) is 0. The third-order valence-electron chi connectivity index (χ3n) is 6.14. The predicted molar refractivity (Wildman–Crippen MR) is 154 cm³/mol. The summed E-state index contributed by atoms with van der Waals surface area (Å²) >= 11 is -0.0318. The molecule has 3 heteroatoms. The first-order chi connectivity index (χ1) is 16.9. The predicted octanol–water partition coefficient (Wildman–Crippen LogP) is 8.92. The topological polar surface area (TPSA) is 12.9 Å². The molecule has 172 valence electrons. The summed E-state index contributed by atoms with van der Waals surface area (Å²) in [6, 6.07) is 26.0. The van der Waals surface area contributed by atoms with Gasteiger partial charge in [0.15, 0.2) is 0 Å². The van der Waals surface area contributed by atoms with Crippen LogP contribution in [0.15, 0.2) is 79.0 Å². The zero-order valence-electron chi connectivity index (χ0n) is 22.9. The Bertz CT molecular complexity index is 1570. The Morgan fingerprint density at radius 1 is 0.853 bits per heavy atom. The second-order valence-electron chi connectivity index (χ2n) is 11.1. The van der Waals surface area contributed by atoms with E-state index in [1.807, 2.05) is 26.8 Å². The zero-order chi connectivity index (χ0) is 25.9. The Kier molecular flexibility index (Phi) is 5.32. The van der Waals surface area contributed by atoms with Gasteiger partial charge in [0.1, 0.15) is 0 Å². The van der Waals surface area contributed by atoms with Crippen molar-refractivity contribution in [3.8, 4) is 22.4 Å². The van der Waals surface area contributed by atoms with Crippen molar-refractivity contribution in [3.05, 3.63) is 84.6 Å². The van der Waals surface area contributed by atoms with Crippen molar-refractivity contribution in [2.45, 2.75) is 44.4 Å². The smallest absolute Gasteiger partial charge is 0.0599 e. The molecule has 0 spiro atoms. The fourth-order valence-electron chi connectivity index (χ4n) is 4.43. The van der Waals surface area contributed by atoms with Crippen molar-refractivity contribution in [3.63, 3.8) is 0 Å². The molecule has 1 nitrogen and oxygen atoms in total. The number of thiophene rings is 1. The van der Waals surface area contributed by atoms with E-state index >= 15 is 0 Å². The van der Waals surface area contributed by atoms with Crippen LogP contribution in [0.3, 0.4) is 0 Å². The van der Waals surface area contributed by atoms with Crippen molar-refractivity contribution in [1.29, 1.82) is 0 Å². The van der Waals surface area contributed by atoms with E-state index in [-0.39, 0.29) is 0 Å². The maximum atomic E-state index is 8.73. The van der Waals surface area contributed by atoms with E-state index in [0.717, 1.165) is 11.3 Å². The molecule has 5 rings (SSSR count). The maximum absolute atomic E-state index is 8.73. The number of rotatable bonds is 4. The Hall–Kier alpha value is -2.43. The molecule has 0 atom stereocenters. The summed E-state index contributed by atoms with van der Waals surface area (Å²) in [5, 5.41) is 2.48. The summed E-state index contributed by atoms with van der Waals surface area (Å²) in [5.74, 6) is 7.28. The second-order valence-corrected chi connectivity index (χ2v) is 22.8. The monoisotopic (exact) mass is 527 g/mol. The molecule has 0 saturated carbocycles. The van der Waals surface area contributed by atoms with Crippen LogP contribution in [0.5, 0.6) is 0 Å². The SMILES string of the molecule is [2H]C([2H])(c1ccnc(-c2cccc3c2sc2cc(-c4cc[c]([Ge]([CH3])([CH3])[CH3])cc4)ccc23)c1)C(C)(C)C. The van der Waals surface area contributed by atoms with Crippen molar-refractivity contribution in [1.82, 2.24) is 4.98 Å². The van der Waals surface area contributed by atoms with Gasteiger partial charge in [-0.1, -0.05) is 20.8 Å². The molecule has 0 aliphatic carbocycles. The molecule has 0 amide bonds. The van der Waals surface area contributed by atoms with Crippen molar-refractivity contribution < 1.29 is 2.74 Å². The summed E-state index contributed by atoms with van der Waals surface area (Å²) in [7, 11) is 0. The first-order valence-corrected chi connectivity index (χ1v) is 20.1. The first-order valence-electron chi connectivity index (χ1n) is 12.9. The number of fused-ring (bicyclic) bond motifs is 3. The Morgan fingerprint density at radius 2 is 1.59 bits per heavy atom. The molecule has 2 heterocycles. The molecule has 0 fully saturated rings. The van der Waals surface area contributed by atoms with E-state index < -0.39 is 25.1 Å². The molecule has 0 saturated heterocycles. The van der Waals surface area contributed by atoms with Gasteiger partial charge in [-0.2, -0.15) is 0 Å². The molecular weight excluding hydrogens is 491 g/mol. The van der Waals surface area contributed by atoms with Crippen LogP contribution in [0.25, 0.3) is 42.6 Å². The van der Waals surface area contributed by atoms with E-state index in [1.165, 1.54) is 35.7 Å². The van der Waals surface area contributed by atoms with Crippen LogP contribution in [0, 0.1) is 5.41 Å². The average molecular weight is 526 g/mol. The molecule has 0 unspecified atom stereocenters. The number of nitrogens with zero attached hydrogens (tertiary/aromatic N) is 1. The van der Waals surface area contributed by atoms with Gasteiger partial charge in [-0.25, -0.2) is 0 Å². The second kappa shape index (κ2) is 8.66. The molecule has 2 aromatic heterocycles. The van der Waals surface area contributed by atoms with Gasteiger partial charge < -0.3 is 0 Å². The first kappa shape index (κ1) is 20.9.